The highest BCUT2D eigenvalue weighted by atomic mass is 14.1. The van der Waals surface area contributed by atoms with Gasteiger partial charge in [0.05, 0.1) is 0 Å². The fourth-order valence-corrected chi connectivity index (χ4v) is 4.13. The molecule has 3 rings (SSSR count). The second-order valence-electron chi connectivity index (χ2n) is 8.39. The molecule has 0 saturated carbocycles. The molecule has 0 bridgehead atoms. The summed E-state index contributed by atoms with van der Waals surface area (Å²) in [5.74, 6) is 0. The van der Waals surface area contributed by atoms with E-state index in [0.29, 0.717) is 0 Å². The number of hydrogen-bond donors (Lipinski definition) is 0. The van der Waals surface area contributed by atoms with Crippen LogP contribution in [0.2, 0.25) is 0 Å². The van der Waals surface area contributed by atoms with E-state index in [9.17, 15) is 0 Å². The van der Waals surface area contributed by atoms with E-state index in [0.717, 1.165) is 12.8 Å². The van der Waals surface area contributed by atoms with Gasteiger partial charge in [-0.15, -0.1) is 0 Å². The minimum absolute atomic E-state index is 1.03. The van der Waals surface area contributed by atoms with Crippen molar-refractivity contribution in [3.05, 3.63) is 106 Å². The number of rotatable bonds is 11. The van der Waals surface area contributed by atoms with Crippen molar-refractivity contribution < 1.29 is 0 Å². The van der Waals surface area contributed by atoms with Gasteiger partial charge in [-0.2, -0.15) is 0 Å². The van der Waals surface area contributed by atoms with Gasteiger partial charge >= 0.3 is 0 Å². The number of hydrogen-bond acceptors (Lipinski definition) is 0. The molecule has 0 saturated heterocycles. The second kappa shape index (κ2) is 11.6. The van der Waals surface area contributed by atoms with Crippen LogP contribution in [0.5, 0.6) is 0 Å². The van der Waals surface area contributed by atoms with Gasteiger partial charge in [0.25, 0.3) is 0 Å². The minimum atomic E-state index is 1.03. The van der Waals surface area contributed by atoms with Gasteiger partial charge in [0, 0.05) is 0 Å². The van der Waals surface area contributed by atoms with E-state index in [2.05, 4.69) is 86.6 Å². The van der Waals surface area contributed by atoms with Gasteiger partial charge in [-0.05, 0) is 66.0 Å². The maximum atomic E-state index is 2.48. The minimum Gasteiger partial charge on any atom is -0.0654 e. The maximum Gasteiger partial charge on any atom is -0.00230 e. The molecule has 0 aliphatic heterocycles. The Labute approximate surface area is 178 Å². The summed E-state index contributed by atoms with van der Waals surface area (Å²) < 4.78 is 0. The molecule has 0 N–H and O–H groups in total. The van der Waals surface area contributed by atoms with Crippen molar-refractivity contribution in [2.75, 3.05) is 0 Å². The monoisotopic (exact) mass is 384 g/mol. The molecule has 0 heteroatoms. The first kappa shape index (κ1) is 21.4. The van der Waals surface area contributed by atoms with Gasteiger partial charge in [-0.3, -0.25) is 0 Å². The highest BCUT2D eigenvalue weighted by molar-refractivity contribution is 5.39. The lowest BCUT2D eigenvalue weighted by Gasteiger charge is -2.14. The summed E-state index contributed by atoms with van der Waals surface area (Å²) in [6.45, 7) is 4.51. The van der Waals surface area contributed by atoms with Crippen LogP contribution in [0.1, 0.15) is 78.8 Å². The van der Waals surface area contributed by atoms with Crippen molar-refractivity contribution in [2.45, 2.75) is 71.6 Å². The van der Waals surface area contributed by atoms with Crippen LogP contribution in [0.25, 0.3) is 0 Å². The lowest BCUT2D eigenvalue weighted by Crippen LogP contribution is -2.00. The predicted molar refractivity (Wildman–Crippen MR) is 127 cm³/mol. The molecular formula is C29H36. The van der Waals surface area contributed by atoms with Gasteiger partial charge in [0.1, 0.15) is 0 Å². The molecule has 0 aliphatic rings. The van der Waals surface area contributed by atoms with Crippen LogP contribution in [-0.4, -0.2) is 0 Å². The summed E-state index contributed by atoms with van der Waals surface area (Å²) in [6, 6.07) is 26.9. The second-order valence-corrected chi connectivity index (χ2v) is 8.39. The van der Waals surface area contributed by atoms with E-state index >= 15 is 0 Å². The third kappa shape index (κ3) is 6.89. The highest BCUT2D eigenvalue weighted by Crippen LogP contribution is 2.22. The molecule has 0 aromatic heterocycles. The molecule has 0 atom stereocenters. The zero-order valence-corrected chi connectivity index (χ0v) is 18.3. The van der Waals surface area contributed by atoms with Crippen LogP contribution in [0.3, 0.4) is 0 Å². The van der Waals surface area contributed by atoms with Gasteiger partial charge in [0.2, 0.25) is 0 Å². The molecule has 0 heterocycles. The molecule has 3 aromatic carbocycles. The standard InChI is InChI=1S/C29H36/c1-3-4-5-6-7-11-18-28-23-26(22-27-17-13-12-14-24(27)2)19-20-29(28)21-25-15-9-8-10-16-25/h8-10,12-17,19-20,23H,3-7,11,18,21-22H2,1-2H3. The number of unbranched alkanes of at least 4 members (excludes halogenated alkanes) is 5. The fourth-order valence-electron chi connectivity index (χ4n) is 4.13. The van der Waals surface area contributed by atoms with E-state index in [4.69, 9.17) is 0 Å². The predicted octanol–water partition coefficient (Wildman–Crippen LogP) is 8.08. The zero-order chi connectivity index (χ0) is 20.3. The molecule has 0 aliphatic carbocycles. The van der Waals surface area contributed by atoms with E-state index in [1.807, 2.05) is 0 Å². The lowest BCUT2D eigenvalue weighted by atomic mass is 9.92. The summed E-state index contributed by atoms with van der Waals surface area (Å²) in [7, 11) is 0. The Balaban J connectivity index is 1.73. The molecule has 29 heavy (non-hydrogen) atoms. The molecule has 0 amide bonds. The molecule has 152 valence electrons. The Hall–Kier alpha value is -2.34. The highest BCUT2D eigenvalue weighted by Gasteiger charge is 2.07. The van der Waals surface area contributed by atoms with Crippen molar-refractivity contribution >= 4 is 0 Å². The van der Waals surface area contributed by atoms with Gasteiger partial charge in [-0.25, -0.2) is 0 Å². The van der Waals surface area contributed by atoms with Crippen LogP contribution >= 0.6 is 0 Å². The number of aryl methyl sites for hydroxylation is 2. The van der Waals surface area contributed by atoms with Gasteiger partial charge in [-0.1, -0.05) is 112 Å². The van der Waals surface area contributed by atoms with Gasteiger partial charge in [0.15, 0.2) is 0 Å². The van der Waals surface area contributed by atoms with Crippen molar-refractivity contribution in [3.8, 4) is 0 Å². The largest absolute Gasteiger partial charge is 0.0654 e. The van der Waals surface area contributed by atoms with E-state index in [1.165, 1.54) is 72.8 Å². The third-order valence-electron chi connectivity index (χ3n) is 5.96. The zero-order valence-electron chi connectivity index (χ0n) is 18.3. The summed E-state index contributed by atoms with van der Waals surface area (Å²) >= 11 is 0. The summed E-state index contributed by atoms with van der Waals surface area (Å²) in [5, 5.41) is 0. The van der Waals surface area contributed by atoms with Crippen LogP contribution in [0.15, 0.2) is 72.8 Å². The van der Waals surface area contributed by atoms with Crippen LogP contribution < -0.4 is 0 Å². The first-order valence-corrected chi connectivity index (χ1v) is 11.5. The van der Waals surface area contributed by atoms with Crippen LogP contribution in [0, 0.1) is 6.92 Å². The topological polar surface area (TPSA) is 0 Å². The van der Waals surface area contributed by atoms with E-state index < -0.39 is 0 Å². The molecule has 0 unspecified atom stereocenters. The molecular weight excluding hydrogens is 348 g/mol. The Kier molecular flexibility index (Phi) is 8.56. The van der Waals surface area contributed by atoms with Crippen LogP contribution in [-0.2, 0) is 19.3 Å². The fraction of sp³-hybridized carbons (Fsp3) is 0.379. The quantitative estimate of drug-likeness (QED) is 0.293. The smallest absolute Gasteiger partial charge is 0.00230 e. The Bertz CT molecular complexity index is 860. The Morgan fingerprint density at radius 2 is 1.24 bits per heavy atom. The molecule has 0 fully saturated rings. The normalized spacial score (nSPS) is 11.0. The maximum absolute atomic E-state index is 2.48. The van der Waals surface area contributed by atoms with Crippen LogP contribution in [0.4, 0.5) is 0 Å². The van der Waals surface area contributed by atoms with Crippen molar-refractivity contribution in [1.82, 2.24) is 0 Å². The molecule has 0 radical (unpaired) electrons. The third-order valence-corrected chi connectivity index (χ3v) is 5.96. The Morgan fingerprint density at radius 1 is 0.552 bits per heavy atom. The molecule has 0 nitrogen and oxygen atoms in total. The first-order chi connectivity index (χ1) is 14.3. The van der Waals surface area contributed by atoms with Crippen molar-refractivity contribution in [1.29, 1.82) is 0 Å². The lowest BCUT2D eigenvalue weighted by molar-refractivity contribution is 0.606. The number of benzene rings is 3. The van der Waals surface area contributed by atoms with Gasteiger partial charge < -0.3 is 0 Å². The average molecular weight is 385 g/mol. The molecule has 3 aromatic rings. The van der Waals surface area contributed by atoms with Crippen molar-refractivity contribution in [2.24, 2.45) is 0 Å². The van der Waals surface area contributed by atoms with Crippen molar-refractivity contribution in [3.63, 3.8) is 0 Å². The van der Waals surface area contributed by atoms with E-state index in [-0.39, 0.29) is 0 Å². The average Bonchev–Trinajstić information content (AvgIpc) is 2.74. The van der Waals surface area contributed by atoms with E-state index in [1.54, 1.807) is 5.56 Å². The summed E-state index contributed by atoms with van der Waals surface area (Å²) in [6.07, 6.45) is 11.4. The molecule has 0 spiro atoms. The Morgan fingerprint density at radius 3 is 2.03 bits per heavy atom. The first-order valence-electron chi connectivity index (χ1n) is 11.5. The SMILES string of the molecule is CCCCCCCCc1cc(Cc2ccccc2C)ccc1Cc1ccccc1. The summed E-state index contributed by atoms with van der Waals surface area (Å²) in [5.41, 5.74) is 8.72. The summed E-state index contributed by atoms with van der Waals surface area (Å²) in [4.78, 5) is 0.